The molecule has 5 nitrogen and oxygen atoms in total. The second-order valence-electron chi connectivity index (χ2n) is 7.62. The Morgan fingerprint density at radius 1 is 1.13 bits per heavy atom. The normalized spacial score (nSPS) is 15.6. The van der Waals surface area contributed by atoms with Gasteiger partial charge in [-0.2, -0.15) is 0 Å². The zero-order chi connectivity index (χ0) is 21.3. The molecular formula is C23H29F2N3O2. The summed E-state index contributed by atoms with van der Waals surface area (Å²) in [4.78, 5) is 17.0. The Morgan fingerprint density at radius 2 is 1.87 bits per heavy atom. The lowest BCUT2D eigenvalue weighted by atomic mass is 10.1. The molecule has 1 aliphatic heterocycles. The number of hydrogen-bond acceptors (Lipinski definition) is 3. The Morgan fingerprint density at radius 3 is 2.53 bits per heavy atom. The standard InChI is InChI=1S/C23H29F2N3O2/c1-30-16-22(18-8-4-2-5-9-18)26-23(29)28(17-27-12-6-3-7-13-27)15-19-10-11-20(24)14-21(19)25/h2,4-5,8-11,14,22H,3,6-7,12-13,15-17H2,1H3,(H,26,29). The third-order valence-electron chi connectivity index (χ3n) is 5.32. The van der Waals surface area contributed by atoms with E-state index in [1.165, 1.54) is 18.6 Å². The van der Waals surface area contributed by atoms with Gasteiger partial charge in [0.05, 0.1) is 25.9 Å². The second kappa shape index (κ2) is 11.0. The second-order valence-corrected chi connectivity index (χ2v) is 7.62. The van der Waals surface area contributed by atoms with Crippen LogP contribution in [-0.2, 0) is 11.3 Å². The molecule has 1 fully saturated rings. The summed E-state index contributed by atoms with van der Waals surface area (Å²) in [6, 6.07) is 12.4. The van der Waals surface area contributed by atoms with Gasteiger partial charge in [-0.3, -0.25) is 4.90 Å². The zero-order valence-corrected chi connectivity index (χ0v) is 17.3. The van der Waals surface area contributed by atoms with Gasteiger partial charge < -0.3 is 15.0 Å². The van der Waals surface area contributed by atoms with Crippen LogP contribution in [0.2, 0.25) is 0 Å². The van der Waals surface area contributed by atoms with E-state index in [9.17, 15) is 13.6 Å². The molecule has 1 aliphatic rings. The molecule has 0 saturated carbocycles. The van der Waals surface area contributed by atoms with E-state index in [1.807, 2.05) is 30.3 Å². The monoisotopic (exact) mass is 417 g/mol. The summed E-state index contributed by atoms with van der Waals surface area (Å²) in [5.74, 6) is -1.28. The van der Waals surface area contributed by atoms with E-state index >= 15 is 0 Å². The van der Waals surface area contributed by atoms with Crippen LogP contribution in [0.25, 0.3) is 0 Å². The van der Waals surface area contributed by atoms with E-state index < -0.39 is 11.6 Å². The fourth-order valence-electron chi connectivity index (χ4n) is 3.70. The molecule has 30 heavy (non-hydrogen) atoms. The van der Waals surface area contributed by atoms with Gasteiger partial charge in [0.25, 0.3) is 0 Å². The minimum atomic E-state index is -0.650. The lowest BCUT2D eigenvalue weighted by molar-refractivity contribution is 0.111. The van der Waals surface area contributed by atoms with Crippen molar-refractivity contribution in [3.05, 3.63) is 71.3 Å². The maximum Gasteiger partial charge on any atom is 0.319 e. The number of hydrogen-bond donors (Lipinski definition) is 1. The highest BCUT2D eigenvalue weighted by molar-refractivity contribution is 5.74. The fraction of sp³-hybridized carbons (Fsp3) is 0.435. The third-order valence-corrected chi connectivity index (χ3v) is 5.32. The number of nitrogens with one attached hydrogen (secondary N) is 1. The van der Waals surface area contributed by atoms with E-state index in [4.69, 9.17) is 4.74 Å². The maximum absolute atomic E-state index is 14.3. The van der Waals surface area contributed by atoms with Crippen molar-refractivity contribution >= 4 is 6.03 Å². The number of carbonyl (C=O) groups excluding carboxylic acids is 1. The summed E-state index contributed by atoms with van der Waals surface area (Å²) in [5, 5.41) is 3.01. The first kappa shape index (κ1) is 22.2. The first-order chi connectivity index (χ1) is 14.6. The predicted octanol–water partition coefficient (Wildman–Crippen LogP) is 4.31. The number of rotatable bonds is 8. The highest BCUT2D eigenvalue weighted by Crippen LogP contribution is 2.17. The van der Waals surface area contributed by atoms with Gasteiger partial charge in [0.1, 0.15) is 11.6 Å². The van der Waals surface area contributed by atoms with Gasteiger partial charge in [-0.1, -0.05) is 42.8 Å². The summed E-state index contributed by atoms with van der Waals surface area (Å²) < 4.78 is 32.9. The van der Waals surface area contributed by atoms with Crippen LogP contribution in [-0.4, -0.2) is 49.3 Å². The van der Waals surface area contributed by atoms with Crippen molar-refractivity contribution in [3.8, 4) is 0 Å². The largest absolute Gasteiger partial charge is 0.382 e. The molecule has 0 aliphatic carbocycles. The van der Waals surface area contributed by atoms with Crippen molar-refractivity contribution in [3.63, 3.8) is 0 Å². The predicted molar refractivity (Wildman–Crippen MR) is 112 cm³/mol. The van der Waals surface area contributed by atoms with Crippen LogP contribution in [0.3, 0.4) is 0 Å². The van der Waals surface area contributed by atoms with Crippen LogP contribution in [0, 0.1) is 11.6 Å². The Kier molecular flexibility index (Phi) is 8.16. The summed E-state index contributed by atoms with van der Waals surface area (Å²) in [5.41, 5.74) is 1.21. The van der Waals surface area contributed by atoms with E-state index in [1.54, 1.807) is 12.0 Å². The summed E-state index contributed by atoms with van der Waals surface area (Å²) in [7, 11) is 1.58. The number of nitrogens with zero attached hydrogens (tertiary/aromatic N) is 2. The smallest absolute Gasteiger partial charge is 0.319 e. The van der Waals surface area contributed by atoms with E-state index in [-0.39, 0.29) is 24.2 Å². The topological polar surface area (TPSA) is 44.8 Å². The lowest BCUT2D eigenvalue weighted by Gasteiger charge is -2.34. The number of ether oxygens (including phenoxy) is 1. The number of urea groups is 1. The first-order valence-corrected chi connectivity index (χ1v) is 10.3. The van der Waals surface area contributed by atoms with Crippen molar-refractivity contribution in [1.29, 1.82) is 0 Å². The Labute approximate surface area is 176 Å². The molecule has 7 heteroatoms. The van der Waals surface area contributed by atoms with Gasteiger partial charge in [-0.15, -0.1) is 0 Å². The van der Waals surface area contributed by atoms with Crippen LogP contribution < -0.4 is 5.32 Å². The number of carbonyl (C=O) groups is 1. The van der Waals surface area contributed by atoms with Gasteiger partial charge in [-0.05, 0) is 37.6 Å². The van der Waals surface area contributed by atoms with Crippen LogP contribution in [0.15, 0.2) is 48.5 Å². The minimum absolute atomic E-state index is 0.0585. The molecular weight excluding hydrogens is 388 g/mol. The molecule has 0 spiro atoms. The molecule has 0 radical (unpaired) electrons. The summed E-state index contributed by atoms with van der Waals surface area (Å²) >= 11 is 0. The molecule has 3 rings (SSSR count). The van der Waals surface area contributed by atoms with Gasteiger partial charge in [0.2, 0.25) is 0 Å². The van der Waals surface area contributed by atoms with Crippen LogP contribution in [0.4, 0.5) is 13.6 Å². The molecule has 1 heterocycles. The van der Waals surface area contributed by atoms with Crippen molar-refractivity contribution in [2.75, 3.05) is 33.5 Å². The molecule has 2 aromatic rings. The minimum Gasteiger partial charge on any atom is -0.382 e. The highest BCUT2D eigenvalue weighted by atomic mass is 19.1. The number of methoxy groups -OCH3 is 1. The Hall–Kier alpha value is -2.51. The summed E-state index contributed by atoms with van der Waals surface area (Å²) in [6.45, 7) is 2.56. The number of piperidine rings is 1. The Balaban J connectivity index is 1.77. The van der Waals surface area contributed by atoms with Crippen molar-refractivity contribution in [1.82, 2.24) is 15.1 Å². The van der Waals surface area contributed by atoms with Crippen LogP contribution >= 0.6 is 0 Å². The number of amides is 2. The molecule has 0 aromatic heterocycles. The molecule has 1 saturated heterocycles. The molecule has 162 valence electrons. The lowest BCUT2D eigenvalue weighted by Crippen LogP contribution is -2.48. The zero-order valence-electron chi connectivity index (χ0n) is 17.3. The van der Waals surface area contributed by atoms with Crippen molar-refractivity contribution in [2.45, 2.75) is 31.8 Å². The average molecular weight is 418 g/mol. The average Bonchev–Trinajstić information content (AvgIpc) is 2.76. The maximum atomic E-state index is 14.3. The summed E-state index contributed by atoms with van der Waals surface area (Å²) in [6.07, 6.45) is 3.34. The van der Waals surface area contributed by atoms with E-state index in [0.29, 0.717) is 13.3 Å². The fourth-order valence-corrected chi connectivity index (χ4v) is 3.70. The number of halogens is 2. The van der Waals surface area contributed by atoms with Gasteiger partial charge in [-0.25, -0.2) is 13.6 Å². The number of benzene rings is 2. The van der Waals surface area contributed by atoms with E-state index in [2.05, 4.69) is 10.2 Å². The quantitative estimate of drug-likeness (QED) is 0.696. The first-order valence-electron chi connectivity index (χ1n) is 10.3. The Bertz CT molecular complexity index is 813. The van der Waals surface area contributed by atoms with Gasteiger partial charge in [0, 0.05) is 18.7 Å². The molecule has 2 amide bonds. The van der Waals surface area contributed by atoms with Gasteiger partial charge >= 0.3 is 6.03 Å². The highest BCUT2D eigenvalue weighted by Gasteiger charge is 2.23. The number of likely N-dealkylation sites (tertiary alicyclic amines) is 1. The molecule has 1 unspecified atom stereocenters. The molecule has 1 N–H and O–H groups in total. The van der Waals surface area contributed by atoms with Crippen molar-refractivity contribution in [2.24, 2.45) is 0 Å². The van der Waals surface area contributed by atoms with E-state index in [0.717, 1.165) is 37.6 Å². The third kappa shape index (κ3) is 6.24. The molecule has 1 atom stereocenters. The van der Waals surface area contributed by atoms with Crippen LogP contribution in [0.5, 0.6) is 0 Å². The van der Waals surface area contributed by atoms with Crippen molar-refractivity contribution < 1.29 is 18.3 Å². The SMILES string of the molecule is COCC(NC(=O)N(Cc1ccc(F)cc1F)CN1CCCCC1)c1ccccc1. The molecule has 0 bridgehead atoms. The van der Waals surface area contributed by atoms with Gasteiger partial charge in [0.15, 0.2) is 0 Å². The van der Waals surface area contributed by atoms with Crippen LogP contribution in [0.1, 0.15) is 36.4 Å². The molecule has 2 aromatic carbocycles.